The predicted octanol–water partition coefficient (Wildman–Crippen LogP) is 24.4. The molecule has 0 aliphatic carbocycles. The standard InChI is InChI=1S/C94H50N8O/c1-2-20-55(21-3-1)83-91-84(65-28-12-17-33-80(65)103-91)97-94(96-83)102-78-32-16-11-26-63(78)73-50-74-70-47-57(42-45-79(70)100-86-60-23-7-5-19-52(60)41-44-67(86)82(88(74)100)90(73)102)56-38-36-53-34-35-54-37-39-58(48-69(54)68(53)46-56)92-95-75-29-13-8-27-64(75)93(98-92)101-77-31-15-10-25-62(77)72-49-71-61-24-9-14-30-76(61)99-85-59-22-6-4-18-51(59)40-43-66(85)81(87(71)99)89(72)101/h1-50H. The Morgan fingerprint density at radius 2 is 0.718 bits per heavy atom. The SMILES string of the molecule is c1ccc(-c2nc(-n3c4ccccc4c4cc5c6cc(-c7ccc8ccc9ccc(-c%10nc(-n%11c%12ccccc%12c%12cc%13c%14ccccc%14n%14c%15c%16ccccc%16ccc%15c(c%12%11)c%13%14)c%11ccccc%11n%10)cc9c8c7)ccc6n6c7c8ccccc8ccc7c(c43)c56)nc3c2oc2ccccc23)cc1. The van der Waals surface area contributed by atoms with Gasteiger partial charge in [-0.2, -0.15) is 0 Å². The molecule has 0 saturated carbocycles. The monoisotopic (exact) mass is 1310 g/mol. The van der Waals surface area contributed by atoms with Crippen LogP contribution in [0.25, 0.3) is 241 Å². The molecular weight excluding hydrogens is 1260 g/mol. The van der Waals surface area contributed by atoms with Crippen LogP contribution in [0.3, 0.4) is 0 Å². The zero-order valence-corrected chi connectivity index (χ0v) is 54.9. The largest absolute Gasteiger partial charge is 0.452 e. The molecule has 0 saturated heterocycles. The van der Waals surface area contributed by atoms with E-state index in [1.807, 2.05) is 18.2 Å². The van der Waals surface area contributed by atoms with Gasteiger partial charge in [0.2, 0.25) is 5.95 Å². The van der Waals surface area contributed by atoms with Gasteiger partial charge in [-0.15, -0.1) is 0 Å². The van der Waals surface area contributed by atoms with E-state index < -0.39 is 0 Å². The van der Waals surface area contributed by atoms with Crippen LogP contribution in [0.4, 0.5) is 0 Å². The van der Waals surface area contributed by atoms with Crippen molar-refractivity contribution in [2.45, 2.75) is 0 Å². The second kappa shape index (κ2) is 19.5. The van der Waals surface area contributed by atoms with Gasteiger partial charge in [-0.25, -0.2) is 19.9 Å². The fraction of sp³-hybridized carbons (Fsp3) is 0. The Kier molecular flexibility index (Phi) is 10.2. The fourth-order valence-electron chi connectivity index (χ4n) is 18.4. The highest BCUT2D eigenvalue weighted by Gasteiger charge is 2.30. The summed E-state index contributed by atoms with van der Waals surface area (Å²) in [7, 11) is 0. The van der Waals surface area contributed by atoms with Crippen LogP contribution in [0.15, 0.2) is 308 Å². The minimum absolute atomic E-state index is 0.588. The molecule has 0 amide bonds. The van der Waals surface area contributed by atoms with Crippen molar-refractivity contribution in [3.05, 3.63) is 303 Å². The highest BCUT2D eigenvalue weighted by atomic mass is 16.3. The number of hydrogen-bond acceptors (Lipinski definition) is 5. The van der Waals surface area contributed by atoms with E-state index in [-0.39, 0.29) is 0 Å². The molecule has 0 fully saturated rings. The molecular formula is C94H50N8O. The van der Waals surface area contributed by atoms with Gasteiger partial charge >= 0.3 is 0 Å². The molecule has 103 heavy (non-hydrogen) atoms. The van der Waals surface area contributed by atoms with Crippen molar-refractivity contribution in [1.82, 2.24) is 37.9 Å². The van der Waals surface area contributed by atoms with Gasteiger partial charge in [0.05, 0.1) is 60.7 Å². The average molecular weight is 1310 g/mol. The molecule has 0 bridgehead atoms. The zero-order valence-electron chi connectivity index (χ0n) is 54.9. The third-order valence-electron chi connectivity index (χ3n) is 22.7. The Hall–Kier alpha value is -14.0. The summed E-state index contributed by atoms with van der Waals surface area (Å²) in [6, 6.07) is 111. The molecule has 0 aliphatic rings. The Morgan fingerprint density at radius 1 is 0.252 bits per heavy atom. The van der Waals surface area contributed by atoms with E-state index in [1.54, 1.807) is 0 Å². The predicted molar refractivity (Wildman–Crippen MR) is 427 cm³/mol. The van der Waals surface area contributed by atoms with Gasteiger partial charge in [0.15, 0.2) is 11.4 Å². The highest BCUT2D eigenvalue weighted by molar-refractivity contribution is 6.38. The summed E-state index contributed by atoms with van der Waals surface area (Å²) in [6.07, 6.45) is 0. The Morgan fingerprint density at radius 3 is 1.40 bits per heavy atom. The van der Waals surface area contributed by atoms with Gasteiger partial charge in [-0.1, -0.05) is 224 Å². The molecule has 0 spiro atoms. The van der Waals surface area contributed by atoms with Gasteiger partial charge in [0, 0.05) is 97.3 Å². The summed E-state index contributed by atoms with van der Waals surface area (Å²) in [4.78, 5) is 22.4. The average Bonchev–Trinajstić information content (AvgIpc) is 1.52. The molecule has 0 radical (unpaired) electrons. The van der Waals surface area contributed by atoms with Crippen molar-refractivity contribution in [1.29, 1.82) is 0 Å². The van der Waals surface area contributed by atoms with E-state index in [4.69, 9.17) is 24.4 Å². The smallest absolute Gasteiger partial charge is 0.236 e. The van der Waals surface area contributed by atoms with Crippen LogP contribution in [0, 0.1) is 0 Å². The maximum absolute atomic E-state index is 6.66. The lowest BCUT2D eigenvalue weighted by Gasteiger charge is -2.14. The van der Waals surface area contributed by atoms with Gasteiger partial charge in [-0.05, 0) is 122 Å². The molecule has 0 N–H and O–H groups in total. The number of fused-ring (bicyclic) bond motifs is 31. The first kappa shape index (κ1) is 54.0. The molecule has 9 heterocycles. The van der Waals surface area contributed by atoms with Gasteiger partial charge in [0.1, 0.15) is 22.6 Å². The van der Waals surface area contributed by atoms with E-state index in [2.05, 4.69) is 303 Å². The summed E-state index contributed by atoms with van der Waals surface area (Å²) >= 11 is 0. The summed E-state index contributed by atoms with van der Waals surface area (Å²) in [5.41, 5.74) is 19.5. The van der Waals surface area contributed by atoms with Crippen LogP contribution in [0.2, 0.25) is 0 Å². The van der Waals surface area contributed by atoms with Crippen LogP contribution < -0.4 is 0 Å². The lowest BCUT2D eigenvalue weighted by atomic mass is 9.95. The van der Waals surface area contributed by atoms with Crippen LogP contribution in [-0.4, -0.2) is 37.9 Å². The van der Waals surface area contributed by atoms with Crippen LogP contribution in [-0.2, 0) is 0 Å². The minimum atomic E-state index is 0.588. The maximum Gasteiger partial charge on any atom is 0.236 e. The molecule has 9 heteroatoms. The normalized spacial score (nSPS) is 12.7. The third kappa shape index (κ3) is 6.99. The van der Waals surface area contributed by atoms with Crippen LogP contribution >= 0.6 is 0 Å². The summed E-state index contributed by atoms with van der Waals surface area (Å²) in [5.74, 6) is 2.10. The second-order valence-corrected chi connectivity index (χ2v) is 27.9. The lowest BCUT2D eigenvalue weighted by molar-refractivity contribution is 0.666. The molecule has 0 aliphatic heterocycles. The Bertz CT molecular complexity index is 8130. The summed E-state index contributed by atoms with van der Waals surface area (Å²) in [5, 5.41) is 25.7. The Labute approximate surface area is 583 Å². The topological polar surface area (TPSA) is 83.4 Å². The van der Waals surface area contributed by atoms with E-state index >= 15 is 0 Å². The molecule has 9 aromatic heterocycles. The number of rotatable bonds is 5. The first-order valence-corrected chi connectivity index (χ1v) is 35.2. The van der Waals surface area contributed by atoms with Gasteiger partial charge < -0.3 is 13.2 Å². The number of furan rings is 1. The summed E-state index contributed by atoms with van der Waals surface area (Å²) < 4.78 is 16.5. The number of benzene rings is 16. The van der Waals surface area contributed by atoms with Crippen molar-refractivity contribution in [3.63, 3.8) is 0 Å². The van der Waals surface area contributed by atoms with Gasteiger partial charge in [-0.3, -0.25) is 9.13 Å². The van der Waals surface area contributed by atoms with Crippen molar-refractivity contribution in [2.24, 2.45) is 0 Å². The maximum atomic E-state index is 6.66. The number of para-hydroxylation sites is 5. The molecule has 9 nitrogen and oxygen atoms in total. The molecule has 472 valence electrons. The van der Waals surface area contributed by atoms with Crippen molar-refractivity contribution in [2.75, 3.05) is 0 Å². The zero-order chi connectivity index (χ0) is 66.6. The van der Waals surface area contributed by atoms with Crippen molar-refractivity contribution < 1.29 is 4.42 Å². The first-order chi connectivity index (χ1) is 51.1. The van der Waals surface area contributed by atoms with E-state index in [9.17, 15) is 0 Å². The van der Waals surface area contributed by atoms with E-state index in [1.165, 1.54) is 97.6 Å². The Balaban J connectivity index is 0.697. The molecule has 0 atom stereocenters. The minimum Gasteiger partial charge on any atom is -0.452 e. The fourth-order valence-corrected chi connectivity index (χ4v) is 18.4. The van der Waals surface area contributed by atoms with E-state index in [0.717, 1.165) is 126 Å². The number of hydrogen-bond donors (Lipinski definition) is 0. The highest BCUT2D eigenvalue weighted by Crippen LogP contribution is 2.52. The van der Waals surface area contributed by atoms with Crippen molar-refractivity contribution >= 4 is 196 Å². The first-order valence-electron chi connectivity index (χ1n) is 35.2. The van der Waals surface area contributed by atoms with Crippen molar-refractivity contribution in [3.8, 4) is 45.5 Å². The molecule has 0 unspecified atom stereocenters. The summed E-state index contributed by atoms with van der Waals surface area (Å²) in [6.45, 7) is 0. The molecule has 25 aromatic rings. The third-order valence-corrected chi connectivity index (χ3v) is 22.7. The van der Waals surface area contributed by atoms with Crippen LogP contribution in [0.1, 0.15) is 0 Å². The second-order valence-electron chi connectivity index (χ2n) is 27.9. The molecule has 25 rings (SSSR count). The number of aromatic nitrogens is 8. The lowest BCUT2D eigenvalue weighted by Crippen LogP contribution is -2.03. The molecule has 16 aromatic carbocycles. The quantitative estimate of drug-likeness (QED) is 0.160. The van der Waals surface area contributed by atoms with E-state index in [0.29, 0.717) is 17.4 Å². The number of nitrogens with zero attached hydrogens (tertiary/aromatic N) is 8. The van der Waals surface area contributed by atoms with Gasteiger partial charge in [0.25, 0.3) is 0 Å². The van der Waals surface area contributed by atoms with Crippen LogP contribution in [0.5, 0.6) is 0 Å².